The number of rotatable bonds is 2. The van der Waals surface area contributed by atoms with Gasteiger partial charge in [0.25, 0.3) is 5.89 Å². The smallest absolute Gasteiger partial charge is 0.257 e. The minimum atomic E-state index is 0. The number of nitrogens with two attached hydrogens (primary N) is 1. The first kappa shape index (κ1) is 10.4. The van der Waals surface area contributed by atoms with Gasteiger partial charge in [-0.25, -0.2) is 0 Å². The van der Waals surface area contributed by atoms with Gasteiger partial charge in [0.05, 0.1) is 11.4 Å². The van der Waals surface area contributed by atoms with Crippen molar-refractivity contribution >= 4 is 28.3 Å². The van der Waals surface area contributed by atoms with Gasteiger partial charge in [0.1, 0.15) is 0 Å². The maximum atomic E-state index is 5.32. The molecule has 2 heterocycles. The zero-order valence-corrected chi connectivity index (χ0v) is 9.17. The van der Waals surface area contributed by atoms with E-state index in [-0.39, 0.29) is 17.0 Å². The first-order chi connectivity index (χ1) is 5.90. The standard InChI is InChI=1S/C7H7N3OS.BrH/c8-4-6-9-10-7(11-6)5-2-1-3-12-5;/h1-3H,4,8H2;1H. The Bertz CT molecular complexity index is 359. The van der Waals surface area contributed by atoms with Crippen LogP contribution < -0.4 is 5.73 Å². The Labute approximate surface area is 89.5 Å². The van der Waals surface area contributed by atoms with Crippen LogP contribution in [0.3, 0.4) is 0 Å². The zero-order valence-electron chi connectivity index (χ0n) is 6.64. The molecule has 70 valence electrons. The van der Waals surface area contributed by atoms with Crippen molar-refractivity contribution in [3.63, 3.8) is 0 Å². The highest BCUT2D eigenvalue weighted by molar-refractivity contribution is 8.93. The maximum absolute atomic E-state index is 5.32. The number of hydrogen-bond acceptors (Lipinski definition) is 5. The van der Waals surface area contributed by atoms with Gasteiger partial charge in [-0.15, -0.1) is 38.5 Å². The van der Waals surface area contributed by atoms with E-state index in [0.717, 1.165) is 4.88 Å². The van der Waals surface area contributed by atoms with E-state index in [1.54, 1.807) is 11.3 Å². The van der Waals surface area contributed by atoms with Crippen LogP contribution in [0.4, 0.5) is 0 Å². The quantitative estimate of drug-likeness (QED) is 0.896. The van der Waals surface area contributed by atoms with Crippen LogP contribution in [0.5, 0.6) is 0 Å². The second-order valence-electron chi connectivity index (χ2n) is 2.18. The van der Waals surface area contributed by atoms with E-state index < -0.39 is 0 Å². The third-order valence-electron chi connectivity index (χ3n) is 1.37. The first-order valence-corrected chi connectivity index (χ1v) is 4.34. The van der Waals surface area contributed by atoms with Crippen molar-refractivity contribution in [2.75, 3.05) is 0 Å². The van der Waals surface area contributed by atoms with E-state index in [9.17, 15) is 0 Å². The van der Waals surface area contributed by atoms with Crippen molar-refractivity contribution in [2.45, 2.75) is 6.54 Å². The molecular weight excluding hydrogens is 254 g/mol. The van der Waals surface area contributed by atoms with Gasteiger partial charge in [-0.2, -0.15) is 0 Å². The first-order valence-electron chi connectivity index (χ1n) is 3.46. The molecule has 0 spiro atoms. The molecule has 2 aromatic rings. The molecule has 2 rings (SSSR count). The third kappa shape index (κ3) is 2.15. The molecule has 0 aliphatic heterocycles. The molecule has 2 N–H and O–H groups in total. The van der Waals surface area contributed by atoms with Crippen LogP contribution in [0.2, 0.25) is 0 Å². The van der Waals surface area contributed by atoms with E-state index in [1.807, 2.05) is 17.5 Å². The van der Waals surface area contributed by atoms with Gasteiger partial charge in [0.2, 0.25) is 5.89 Å². The van der Waals surface area contributed by atoms with Crippen LogP contribution in [0, 0.1) is 0 Å². The van der Waals surface area contributed by atoms with Crippen LogP contribution in [-0.2, 0) is 6.54 Å². The van der Waals surface area contributed by atoms with Crippen molar-refractivity contribution in [3.05, 3.63) is 23.4 Å². The van der Waals surface area contributed by atoms with Crippen LogP contribution in [0.15, 0.2) is 21.9 Å². The van der Waals surface area contributed by atoms with Crippen molar-refractivity contribution < 1.29 is 4.42 Å². The second-order valence-corrected chi connectivity index (χ2v) is 3.13. The molecule has 0 unspecified atom stereocenters. The number of halogens is 1. The Morgan fingerprint density at radius 2 is 2.31 bits per heavy atom. The molecule has 0 aliphatic carbocycles. The fraction of sp³-hybridized carbons (Fsp3) is 0.143. The highest BCUT2D eigenvalue weighted by Crippen LogP contribution is 2.22. The fourth-order valence-electron chi connectivity index (χ4n) is 0.836. The lowest BCUT2D eigenvalue weighted by molar-refractivity contribution is 0.509. The molecule has 0 amide bonds. The average Bonchev–Trinajstić information content (AvgIpc) is 2.75. The Kier molecular flexibility index (Phi) is 3.58. The molecule has 0 aliphatic rings. The van der Waals surface area contributed by atoms with E-state index in [1.165, 1.54) is 0 Å². The second kappa shape index (κ2) is 4.50. The summed E-state index contributed by atoms with van der Waals surface area (Å²) < 4.78 is 5.24. The topological polar surface area (TPSA) is 64.9 Å². The molecule has 0 atom stereocenters. The van der Waals surface area contributed by atoms with Crippen LogP contribution in [0.1, 0.15) is 5.89 Å². The fourth-order valence-corrected chi connectivity index (χ4v) is 1.48. The van der Waals surface area contributed by atoms with Crippen LogP contribution in [-0.4, -0.2) is 10.2 Å². The number of hydrogen-bond donors (Lipinski definition) is 1. The minimum absolute atomic E-state index is 0. The summed E-state index contributed by atoms with van der Waals surface area (Å²) in [5.74, 6) is 1.02. The Morgan fingerprint density at radius 3 is 2.85 bits per heavy atom. The zero-order chi connectivity index (χ0) is 8.39. The van der Waals surface area contributed by atoms with E-state index >= 15 is 0 Å². The maximum Gasteiger partial charge on any atom is 0.257 e. The summed E-state index contributed by atoms with van der Waals surface area (Å²) in [6.07, 6.45) is 0. The largest absolute Gasteiger partial charge is 0.419 e. The summed E-state index contributed by atoms with van der Waals surface area (Å²) >= 11 is 1.56. The normalized spacial score (nSPS) is 9.62. The van der Waals surface area contributed by atoms with Gasteiger partial charge >= 0.3 is 0 Å². The molecule has 0 bridgehead atoms. The lowest BCUT2D eigenvalue weighted by Gasteiger charge is -1.84. The average molecular weight is 262 g/mol. The Morgan fingerprint density at radius 1 is 1.46 bits per heavy atom. The van der Waals surface area contributed by atoms with E-state index in [4.69, 9.17) is 10.2 Å². The molecule has 0 radical (unpaired) electrons. The van der Waals surface area contributed by atoms with Crippen molar-refractivity contribution in [1.82, 2.24) is 10.2 Å². The van der Waals surface area contributed by atoms with Gasteiger partial charge in [0.15, 0.2) is 0 Å². The number of aromatic nitrogens is 2. The van der Waals surface area contributed by atoms with Gasteiger partial charge < -0.3 is 10.2 Å². The minimum Gasteiger partial charge on any atom is -0.419 e. The summed E-state index contributed by atoms with van der Waals surface area (Å²) in [4.78, 5) is 0.974. The van der Waals surface area contributed by atoms with Crippen LogP contribution in [0.25, 0.3) is 10.8 Å². The number of nitrogens with zero attached hydrogens (tertiary/aromatic N) is 2. The predicted octanol–water partition coefficient (Wildman–Crippen LogP) is 1.83. The molecule has 13 heavy (non-hydrogen) atoms. The van der Waals surface area contributed by atoms with Crippen molar-refractivity contribution in [3.8, 4) is 10.8 Å². The van der Waals surface area contributed by atoms with Gasteiger partial charge in [0, 0.05) is 0 Å². The molecule has 4 nitrogen and oxygen atoms in total. The van der Waals surface area contributed by atoms with Gasteiger partial charge in [-0.05, 0) is 11.4 Å². The van der Waals surface area contributed by atoms with Crippen molar-refractivity contribution in [2.24, 2.45) is 5.73 Å². The summed E-state index contributed by atoms with van der Waals surface area (Å²) in [6, 6.07) is 3.87. The molecule has 0 fully saturated rings. The SMILES string of the molecule is Br.NCc1nnc(-c2cccs2)o1. The van der Waals surface area contributed by atoms with Crippen LogP contribution >= 0.6 is 28.3 Å². The van der Waals surface area contributed by atoms with E-state index in [0.29, 0.717) is 18.3 Å². The highest BCUT2D eigenvalue weighted by Gasteiger charge is 2.06. The summed E-state index contributed by atoms with van der Waals surface area (Å²) in [6.45, 7) is 0.290. The summed E-state index contributed by atoms with van der Waals surface area (Å²) in [5.41, 5.74) is 5.32. The molecule has 0 saturated heterocycles. The third-order valence-corrected chi connectivity index (χ3v) is 2.23. The van der Waals surface area contributed by atoms with Crippen molar-refractivity contribution in [1.29, 1.82) is 0 Å². The molecule has 0 aromatic carbocycles. The predicted molar refractivity (Wildman–Crippen MR) is 55.8 cm³/mol. The Balaban J connectivity index is 0.000000845. The molecule has 2 aromatic heterocycles. The lowest BCUT2D eigenvalue weighted by Crippen LogP contribution is -1.95. The van der Waals surface area contributed by atoms with Gasteiger partial charge in [-0.1, -0.05) is 6.07 Å². The number of thiophene rings is 1. The summed E-state index contributed by atoms with van der Waals surface area (Å²) in [7, 11) is 0. The molecular formula is C7H8BrN3OS. The highest BCUT2D eigenvalue weighted by atomic mass is 79.9. The molecule has 0 saturated carbocycles. The monoisotopic (exact) mass is 261 g/mol. The van der Waals surface area contributed by atoms with E-state index in [2.05, 4.69) is 10.2 Å². The van der Waals surface area contributed by atoms with Gasteiger partial charge in [-0.3, -0.25) is 0 Å². The lowest BCUT2D eigenvalue weighted by atomic mass is 10.5. The summed E-state index contributed by atoms with van der Waals surface area (Å²) in [5, 5.41) is 9.56. The molecule has 6 heteroatoms. The Hall–Kier alpha value is -0.720.